The summed E-state index contributed by atoms with van der Waals surface area (Å²) in [6.07, 6.45) is 11.1. The van der Waals surface area contributed by atoms with Gasteiger partial charge >= 0.3 is 5.97 Å². The second-order valence-corrected chi connectivity index (χ2v) is 15.3. The van der Waals surface area contributed by atoms with Crippen LogP contribution in [-0.2, 0) is 19.1 Å². The van der Waals surface area contributed by atoms with Crippen LogP contribution in [0.3, 0.4) is 0 Å². The van der Waals surface area contributed by atoms with Gasteiger partial charge in [0.2, 0.25) is 0 Å². The zero-order chi connectivity index (χ0) is 28.8. The molecule has 0 saturated heterocycles. The van der Waals surface area contributed by atoms with Crippen LogP contribution in [0.25, 0.3) is 0 Å². The van der Waals surface area contributed by atoms with Gasteiger partial charge in [0.25, 0.3) is 0 Å². The van der Waals surface area contributed by atoms with Gasteiger partial charge in [-0.05, 0) is 79.1 Å². The van der Waals surface area contributed by atoms with Crippen LogP contribution >= 0.6 is 0 Å². The lowest BCUT2D eigenvalue weighted by atomic mass is 9.34. The van der Waals surface area contributed by atoms with Gasteiger partial charge in [0.1, 0.15) is 12.7 Å². The number of Topliss-reactive ketones (excluding diaryl/α,β-unsaturated/α-hetero) is 1. The first-order chi connectivity index (χ1) is 18.0. The Labute approximate surface area is 234 Å². The Balaban J connectivity index is 1.68. The third kappa shape index (κ3) is 3.52. The molecular formula is C34H45NO4. The van der Waals surface area contributed by atoms with Crippen LogP contribution in [-0.4, -0.2) is 24.1 Å². The average Bonchev–Trinajstić information content (AvgIpc) is 2.86. The molecule has 5 aliphatic carbocycles. The van der Waals surface area contributed by atoms with E-state index in [1.807, 2.05) is 26.0 Å². The second-order valence-electron chi connectivity index (χ2n) is 15.3. The number of nitriles is 1. The van der Waals surface area contributed by atoms with Crippen LogP contribution < -0.4 is 0 Å². The van der Waals surface area contributed by atoms with E-state index < -0.39 is 16.2 Å². The molecule has 5 rings (SSSR count). The Morgan fingerprint density at radius 1 is 1.08 bits per heavy atom. The summed E-state index contributed by atoms with van der Waals surface area (Å²) in [7, 11) is 0. The third-order valence-electron chi connectivity index (χ3n) is 12.6. The maximum Gasteiger partial charge on any atom is 0.312 e. The van der Waals surface area contributed by atoms with Gasteiger partial charge in [-0.25, -0.2) is 0 Å². The Kier molecular flexibility index (Phi) is 6.12. The van der Waals surface area contributed by atoms with Crippen LogP contribution in [0.1, 0.15) is 93.4 Å². The fraction of sp³-hybridized carbons (Fsp3) is 0.706. The monoisotopic (exact) mass is 531 g/mol. The Morgan fingerprint density at radius 3 is 2.38 bits per heavy atom. The van der Waals surface area contributed by atoms with Gasteiger partial charge in [0.15, 0.2) is 11.6 Å². The molecule has 39 heavy (non-hydrogen) atoms. The van der Waals surface area contributed by atoms with Crippen molar-refractivity contribution in [3.05, 3.63) is 36.0 Å². The van der Waals surface area contributed by atoms with E-state index in [9.17, 15) is 19.6 Å². The molecule has 0 aromatic rings. The predicted molar refractivity (Wildman–Crippen MR) is 150 cm³/mol. The van der Waals surface area contributed by atoms with E-state index in [2.05, 4.69) is 47.3 Å². The lowest BCUT2D eigenvalue weighted by Crippen LogP contribution is -2.66. The number of allylic oxidation sites excluding steroid dienone is 4. The van der Waals surface area contributed by atoms with E-state index >= 15 is 0 Å². The first-order valence-corrected chi connectivity index (χ1v) is 14.8. The predicted octanol–water partition coefficient (Wildman–Crippen LogP) is 6.94. The Bertz CT molecular complexity index is 1260. The quantitative estimate of drug-likeness (QED) is 0.291. The number of hydrogen-bond donors (Lipinski definition) is 0. The number of ketones is 2. The molecule has 0 aromatic carbocycles. The van der Waals surface area contributed by atoms with Crippen molar-refractivity contribution < 1.29 is 19.1 Å². The summed E-state index contributed by atoms with van der Waals surface area (Å²) in [5.74, 6) is -0.479. The van der Waals surface area contributed by atoms with Crippen molar-refractivity contribution in [3.63, 3.8) is 0 Å². The molecule has 0 aromatic heterocycles. The summed E-state index contributed by atoms with van der Waals surface area (Å²) >= 11 is 0. The molecule has 0 N–H and O–H groups in total. The fourth-order valence-corrected chi connectivity index (χ4v) is 10.3. The number of rotatable bonds is 3. The molecule has 210 valence electrons. The highest BCUT2D eigenvalue weighted by Crippen LogP contribution is 2.74. The van der Waals surface area contributed by atoms with Gasteiger partial charge < -0.3 is 4.74 Å². The Morgan fingerprint density at radius 2 is 1.74 bits per heavy atom. The molecule has 0 amide bonds. The van der Waals surface area contributed by atoms with Gasteiger partial charge in [0.05, 0.1) is 11.0 Å². The summed E-state index contributed by atoms with van der Waals surface area (Å²) in [6.45, 7) is 19.1. The van der Waals surface area contributed by atoms with E-state index in [1.54, 1.807) is 6.08 Å². The number of esters is 1. The first kappa shape index (κ1) is 28.1. The number of nitrogens with zero attached hydrogens (tertiary/aromatic N) is 1. The van der Waals surface area contributed by atoms with Gasteiger partial charge in [-0.3, -0.25) is 14.4 Å². The van der Waals surface area contributed by atoms with E-state index in [0.29, 0.717) is 0 Å². The molecule has 5 heteroatoms. The second kappa shape index (κ2) is 8.51. The average molecular weight is 532 g/mol. The van der Waals surface area contributed by atoms with Crippen LogP contribution in [0.5, 0.6) is 0 Å². The minimum absolute atomic E-state index is 0.0204. The number of carbonyl (C=O) groups is 3. The topological polar surface area (TPSA) is 84.2 Å². The molecule has 3 saturated carbocycles. The van der Waals surface area contributed by atoms with Crippen molar-refractivity contribution in [2.75, 3.05) is 6.61 Å². The highest BCUT2D eigenvalue weighted by atomic mass is 16.5. The zero-order valence-corrected chi connectivity index (χ0v) is 24.9. The molecule has 0 radical (unpaired) electrons. The molecule has 7 atom stereocenters. The van der Waals surface area contributed by atoms with Crippen LogP contribution in [0.4, 0.5) is 0 Å². The van der Waals surface area contributed by atoms with E-state index in [0.717, 1.165) is 50.5 Å². The van der Waals surface area contributed by atoms with Crippen molar-refractivity contribution in [2.24, 2.45) is 50.2 Å². The van der Waals surface area contributed by atoms with E-state index in [-0.39, 0.29) is 63.7 Å². The van der Waals surface area contributed by atoms with Crippen molar-refractivity contribution >= 4 is 17.5 Å². The molecule has 0 spiro atoms. The van der Waals surface area contributed by atoms with Crippen molar-refractivity contribution in [3.8, 4) is 6.07 Å². The number of carbonyl (C=O) groups excluding carboxylic acids is 3. The number of ether oxygens (including phenoxy) is 1. The molecule has 3 fully saturated rings. The van der Waals surface area contributed by atoms with Crippen LogP contribution in [0, 0.1) is 61.6 Å². The lowest BCUT2D eigenvalue weighted by molar-refractivity contribution is -0.192. The van der Waals surface area contributed by atoms with Crippen molar-refractivity contribution in [1.29, 1.82) is 5.26 Å². The highest BCUT2D eigenvalue weighted by molar-refractivity contribution is 6.04. The zero-order valence-electron chi connectivity index (χ0n) is 24.9. The molecule has 5 nitrogen and oxygen atoms in total. The third-order valence-corrected chi connectivity index (χ3v) is 12.6. The SMILES string of the molecule is C=CCOC(=O)[C@]12CCC(C)(C)C[C@H]1[C@H]1C(=O)C=C3[C@@]4(C)C=C(C#N)C(=O)C(C)(C)[C@@H]4CC[C@@]3(C)[C@]1(C)CC2. The van der Waals surface area contributed by atoms with Gasteiger partial charge in [-0.15, -0.1) is 0 Å². The van der Waals surface area contributed by atoms with E-state index in [4.69, 9.17) is 4.74 Å². The first-order valence-electron chi connectivity index (χ1n) is 14.8. The number of hydrogen-bond acceptors (Lipinski definition) is 5. The van der Waals surface area contributed by atoms with Crippen molar-refractivity contribution in [2.45, 2.75) is 93.4 Å². The number of fused-ring (bicyclic) bond motifs is 7. The smallest absolute Gasteiger partial charge is 0.312 e. The van der Waals surface area contributed by atoms with Gasteiger partial charge in [-0.2, -0.15) is 5.26 Å². The molecule has 5 aliphatic rings. The van der Waals surface area contributed by atoms with Gasteiger partial charge in [0, 0.05) is 16.7 Å². The van der Waals surface area contributed by atoms with E-state index in [1.165, 1.54) is 0 Å². The molecule has 0 bridgehead atoms. The summed E-state index contributed by atoms with van der Waals surface area (Å²) < 4.78 is 5.73. The van der Waals surface area contributed by atoms with Crippen LogP contribution in [0.15, 0.2) is 36.0 Å². The summed E-state index contributed by atoms with van der Waals surface area (Å²) in [6, 6.07) is 2.17. The standard InChI is InChI=1S/C34H45NO4/c1-9-16-39-28(38)34-14-12-29(2,3)19-22(34)26-23(36)17-25-31(6)18-21(20-35)27(37)30(4,5)24(31)10-11-32(25,7)33(26,8)13-15-34/h9,17-18,22,24,26H,1,10-16,19H2,2-8H3/t22-,24-,26-,31-,32+,33+,34-/m0/s1. The fourth-order valence-electron chi connectivity index (χ4n) is 10.3. The molecule has 0 aliphatic heterocycles. The maximum atomic E-state index is 14.5. The molecular weight excluding hydrogens is 486 g/mol. The largest absolute Gasteiger partial charge is 0.461 e. The van der Waals surface area contributed by atoms with Crippen LogP contribution in [0.2, 0.25) is 0 Å². The minimum atomic E-state index is -0.679. The highest BCUT2D eigenvalue weighted by Gasteiger charge is 2.71. The summed E-state index contributed by atoms with van der Waals surface area (Å²) in [4.78, 5) is 41.4. The maximum absolute atomic E-state index is 14.5. The molecule has 0 heterocycles. The minimum Gasteiger partial charge on any atom is -0.461 e. The Hall–Kier alpha value is -2.48. The van der Waals surface area contributed by atoms with Gasteiger partial charge in [-0.1, -0.05) is 72.8 Å². The summed E-state index contributed by atoms with van der Waals surface area (Å²) in [5.41, 5.74) is -1.17. The lowest BCUT2D eigenvalue weighted by Gasteiger charge is -2.68. The molecule has 0 unspecified atom stereocenters. The van der Waals surface area contributed by atoms with Crippen molar-refractivity contribution in [1.82, 2.24) is 0 Å². The normalized spacial score (nSPS) is 43.8. The summed E-state index contributed by atoms with van der Waals surface area (Å²) in [5, 5.41) is 9.89.